The molecule has 1 N–H and O–H groups in total. The lowest BCUT2D eigenvalue weighted by molar-refractivity contribution is 0.221. The van der Waals surface area contributed by atoms with E-state index in [2.05, 4.69) is 38.3 Å². The number of nitrogens with zero attached hydrogens (tertiary/aromatic N) is 2. The fourth-order valence-corrected chi connectivity index (χ4v) is 3.19. The van der Waals surface area contributed by atoms with E-state index in [1.54, 1.807) is 0 Å². The van der Waals surface area contributed by atoms with Crippen LogP contribution >= 0.6 is 15.9 Å². The van der Waals surface area contributed by atoms with Gasteiger partial charge in [0.1, 0.15) is 0 Å². The van der Waals surface area contributed by atoms with E-state index in [4.69, 9.17) is 4.52 Å². The van der Waals surface area contributed by atoms with Crippen molar-refractivity contribution in [2.24, 2.45) is 0 Å². The summed E-state index contributed by atoms with van der Waals surface area (Å²) in [6.07, 6.45) is 3.28. The third kappa shape index (κ3) is 2.52. The second-order valence-electron chi connectivity index (χ2n) is 5.35. The van der Waals surface area contributed by atoms with Crippen LogP contribution in [0, 0.1) is 0 Å². The number of hydrogen-bond donors (Lipinski definition) is 1. The lowest BCUT2D eigenvalue weighted by atomic mass is 9.78. The van der Waals surface area contributed by atoms with Crippen LogP contribution in [0.5, 0.6) is 0 Å². The summed E-state index contributed by atoms with van der Waals surface area (Å²) in [6, 6.07) is 7.97. The van der Waals surface area contributed by atoms with E-state index in [0.717, 1.165) is 48.3 Å². The predicted molar refractivity (Wildman–Crippen MR) is 81.5 cm³/mol. The van der Waals surface area contributed by atoms with Crippen molar-refractivity contribution in [2.45, 2.75) is 31.6 Å². The summed E-state index contributed by atoms with van der Waals surface area (Å²) in [4.78, 5) is 4.65. The molecule has 3 rings (SSSR count). The normalized spacial score (nSPS) is 22.9. The second-order valence-corrected chi connectivity index (χ2v) is 6.26. The molecule has 1 fully saturated rings. The highest BCUT2D eigenvalue weighted by atomic mass is 79.9. The molecule has 0 aliphatic carbocycles. The first kappa shape index (κ1) is 13.8. The molecule has 1 aromatic carbocycles. The summed E-state index contributed by atoms with van der Waals surface area (Å²) in [5.74, 6) is 1.43. The fourth-order valence-electron chi connectivity index (χ4n) is 2.79. The van der Waals surface area contributed by atoms with E-state index in [0.29, 0.717) is 5.82 Å². The largest absolute Gasteiger partial charge is 0.338 e. The van der Waals surface area contributed by atoms with Gasteiger partial charge in [-0.1, -0.05) is 40.1 Å². The van der Waals surface area contributed by atoms with Crippen molar-refractivity contribution in [3.05, 3.63) is 34.6 Å². The minimum Gasteiger partial charge on any atom is -0.338 e. The Labute approximate surface area is 127 Å². The quantitative estimate of drug-likeness (QED) is 0.932. The number of hydrogen-bond acceptors (Lipinski definition) is 4. The first-order valence-corrected chi connectivity index (χ1v) is 7.84. The van der Waals surface area contributed by atoms with Gasteiger partial charge in [-0.2, -0.15) is 4.98 Å². The standard InChI is InChI=1S/C15H18BrN3O/c1-2-15(7-4-8-17-10-15)14-18-13(19-20-14)11-5-3-6-12(16)9-11/h3,5-6,9,17H,2,4,7-8,10H2,1H3. The van der Waals surface area contributed by atoms with Crippen molar-refractivity contribution in [3.8, 4) is 11.4 Å². The Kier molecular flexibility index (Phi) is 3.89. The van der Waals surface area contributed by atoms with Gasteiger partial charge in [0.2, 0.25) is 11.7 Å². The third-order valence-corrected chi connectivity index (χ3v) is 4.60. The topological polar surface area (TPSA) is 51.0 Å². The van der Waals surface area contributed by atoms with Gasteiger partial charge in [0.15, 0.2) is 0 Å². The van der Waals surface area contributed by atoms with Crippen LogP contribution < -0.4 is 5.32 Å². The zero-order chi connectivity index (χ0) is 14.0. The van der Waals surface area contributed by atoms with Crippen molar-refractivity contribution in [3.63, 3.8) is 0 Å². The molecule has 1 aliphatic heterocycles. The number of piperidine rings is 1. The van der Waals surface area contributed by atoms with Crippen LogP contribution in [0.25, 0.3) is 11.4 Å². The molecule has 0 saturated carbocycles. The van der Waals surface area contributed by atoms with Gasteiger partial charge in [0, 0.05) is 16.6 Å². The van der Waals surface area contributed by atoms with Gasteiger partial charge in [0.05, 0.1) is 5.41 Å². The molecule has 2 aromatic rings. The Morgan fingerprint density at radius 3 is 3.05 bits per heavy atom. The zero-order valence-electron chi connectivity index (χ0n) is 11.5. The number of halogens is 1. The molecule has 20 heavy (non-hydrogen) atoms. The lowest BCUT2D eigenvalue weighted by Gasteiger charge is -2.33. The average molecular weight is 336 g/mol. The Morgan fingerprint density at radius 2 is 2.35 bits per heavy atom. The van der Waals surface area contributed by atoms with Gasteiger partial charge >= 0.3 is 0 Å². The zero-order valence-corrected chi connectivity index (χ0v) is 13.1. The summed E-state index contributed by atoms with van der Waals surface area (Å²) in [6.45, 7) is 4.19. The Morgan fingerprint density at radius 1 is 1.45 bits per heavy atom. The van der Waals surface area contributed by atoms with Gasteiger partial charge < -0.3 is 9.84 Å². The maximum absolute atomic E-state index is 5.58. The van der Waals surface area contributed by atoms with Crippen molar-refractivity contribution >= 4 is 15.9 Å². The highest BCUT2D eigenvalue weighted by Crippen LogP contribution is 2.34. The highest BCUT2D eigenvalue weighted by molar-refractivity contribution is 9.10. The minimum absolute atomic E-state index is 0.00445. The van der Waals surface area contributed by atoms with Gasteiger partial charge in [-0.05, 0) is 37.9 Å². The molecule has 0 radical (unpaired) electrons. The number of nitrogens with one attached hydrogen (secondary N) is 1. The Bertz CT molecular complexity index is 590. The SMILES string of the molecule is CCC1(c2nc(-c3cccc(Br)c3)no2)CCCNC1. The minimum atomic E-state index is -0.00445. The van der Waals surface area contributed by atoms with E-state index >= 15 is 0 Å². The van der Waals surface area contributed by atoms with Crippen molar-refractivity contribution in [1.29, 1.82) is 0 Å². The van der Waals surface area contributed by atoms with E-state index in [1.165, 1.54) is 0 Å². The fraction of sp³-hybridized carbons (Fsp3) is 0.467. The number of benzene rings is 1. The molecule has 0 amide bonds. The molecule has 0 bridgehead atoms. The molecular formula is C15H18BrN3O. The molecule has 106 valence electrons. The molecule has 2 heterocycles. The maximum Gasteiger partial charge on any atom is 0.234 e. The molecule has 1 atom stereocenters. The smallest absolute Gasteiger partial charge is 0.234 e. The molecule has 1 saturated heterocycles. The van der Waals surface area contributed by atoms with Crippen LogP contribution in [0.15, 0.2) is 33.3 Å². The van der Waals surface area contributed by atoms with E-state index in [1.807, 2.05) is 24.3 Å². The molecule has 1 unspecified atom stereocenters. The molecule has 0 spiro atoms. The van der Waals surface area contributed by atoms with Crippen molar-refractivity contribution in [2.75, 3.05) is 13.1 Å². The van der Waals surface area contributed by atoms with Crippen molar-refractivity contribution < 1.29 is 4.52 Å². The average Bonchev–Trinajstić information content (AvgIpc) is 2.98. The van der Waals surface area contributed by atoms with Crippen LogP contribution in [0.1, 0.15) is 32.1 Å². The molecule has 5 heteroatoms. The van der Waals surface area contributed by atoms with Crippen LogP contribution in [-0.4, -0.2) is 23.2 Å². The van der Waals surface area contributed by atoms with Crippen molar-refractivity contribution in [1.82, 2.24) is 15.5 Å². The summed E-state index contributed by atoms with van der Waals surface area (Å²) in [5.41, 5.74) is 0.972. The van der Waals surface area contributed by atoms with Crippen LogP contribution in [0.2, 0.25) is 0 Å². The predicted octanol–water partition coefficient (Wildman–Crippen LogP) is 3.53. The first-order chi connectivity index (χ1) is 9.73. The van der Waals surface area contributed by atoms with Crippen LogP contribution in [-0.2, 0) is 5.41 Å². The monoisotopic (exact) mass is 335 g/mol. The van der Waals surface area contributed by atoms with E-state index in [-0.39, 0.29) is 5.41 Å². The Balaban J connectivity index is 1.93. The first-order valence-electron chi connectivity index (χ1n) is 7.04. The van der Waals surface area contributed by atoms with Gasteiger partial charge in [-0.3, -0.25) is 0 Å². The van der Waals surface area contributed by atoms with Gasteiger partial charge in [-0.15, -0.1) is 0 Å². The molecule has 1 aliphatic rings. The number of aromatic nitrogens is 2. The molecular weight excluding hydrogens is 318 g/mol. The molecule has 4 nitrogen and oxygen atoms in total. The maximum atomic E-state index is 5.58. The summed E-state index contributed by atoms with van der Waals surface area (Å²) < 4.78 is 6.60. The summed E-state index contributed by atoms with van der Waals surface area (Å²) in [7, 11) is 0. The van der Waals surface area contributed by atoms with Gasteiger partial charge in [0.25, 0.3) is 0 Å². The van der Waals surface area contributed by atoms with Crippen LogP contribution in [0.4, 0.5) is 0 Å². The third-order valence-electron chi connectivity index (χ3n) is 4.11. The highest BCUT2D eigenvalue weighted by Gasteiger charge is 2.37. The second kappa shape index (κ2) is 5.66. The van der Waals surface area contributed by atoms with E-state index < -0.39 is 0 Å². The number of rotatable bonds is 3. The Hall–Kier alpha value is -1.20. The lowest BCUT2D eigenvalue weighted by Crippen LogP contribution is -2.43. The van der Waals surface area contributed by atoms with E-state index in [9.17, 15) is 0 Å². The van der Waals surface area contributed by atoms with Crippen LogP contribution in [0.3, 0.4) is 0 Å². The summed E-state index contributed by atoms with van der Waals surface area (Å²) in [5, 5.41) is 7.61. The molecule has 1 aromatic heterocycles. The summed E-state index contributed by atoms with van der Waals surface area (Å²) >= 11 is 3.47. The van der Waals surface area contributed by atoms with Gasteiger partial charge in [-0.25, -0.2) is 0 Å².